The molecule has 1 saturated carbocycles. The van der Waals surface area contributed by atoms with Crippen molar-refractivity contribution >= 4 is 17.6 Å². The van der Waals surface area contributed by atoms with Crippen LogP contribution in [0.25, 0.3) is 11.5 Å². The van der Waals surface area contributed by atoms with Gasteiger partial charge in [0, 0.05) is 29.4 Å². The summed E-state index contributed by atoms with van der Waals surface area (Å²) in [5.74, 6) is 1.16. The molecule has 172 valence electrons. The molecule has 0 bridgehead atoms. The molecule has 1 aromatic heterocycles. The molecule has 0 radical (unpaired) electrons. The van der Waals surface area contributed by atoms with Gasteiger partial charge in [0.2, 0.25) is 5.89 Å². The van der Waals surface area contributed by atoms with Gasteiger partial charge in [0.25, 0.3) is 5.91 Å². The molecule has 0 spiro atoms. The van der Waals surface area contributed by atoms with Gasteiger partial charge in [-0.05, 0) is 93.9 Å². The number of amides is 1. The number of carbonyl (C=O) groups is 1. The van der Waals surface area contributed by atoms with Crippen molar-refractivity contribution in [1.82, 2.24) is 15.1 Å². The number of aromatic nitrogens is 2. The first-order valence-electron chi connectivity index (χ1n) is 12.0. The fourth-order valence-electron chi connectivity index (χ4n) is 4.88. The summed E-state index contributed by atoms with van der Waals surface area (Å²) in [6, 6.07) is 17.5. The van der Waals surface area contributed by atoms with Crippen LogP contribution in [0.5, 0.6) is 0 Å². The Morgan fingerprint density at radius 1 is 0.939 bits per heavy atom. The third-order valence-electron chi connectivity index (χ3n) is 6.74. The summed E-state index contributed by atoms with van der Waals surface area (Å²) in [7, 11) is 0. The zero-order chi connectivity index (χ0) is 22.5. The fourth-order valence-corrected chi connectivity index (χ4v) is 4.88. The summed E-state index contributed by atoms with van der Waals surface area (Å²) < 4.78 is 5.87. The molecule has 5 rings (SSSR count). The molecule has 1 saturated heterocycles. The molecular formula is C26H31N5O2. The van der Waals surface area contributed by atoms with Crippen LogP contribution < -0.4 is 10.6 Å². The lowest BCUT2D eigenvalue weighted by Gasteiger charge is -2.31. The van der Waals surface area contributed by atoms with Crippen molar-refractivity contribution in [3.05, 3.63) is 60.2 Å². The van der Waals surface area contributed by atoms with E-state index in [4.69, 9.17) is 4.42 Å². The second kappa shape index (κ2) is 10.2. The Balaban J connectivity index is 1.12. The van der Waals surface area contributed by atoms with E-state index in [1.54, 1.807) is 12.1 Å². The molecule has 2 N–H and O–H groups in total. The summed E-state index contributed by atoms with van der Waals surface area (Å²) in [6.07, 6.45) is 7.53. The van der Waals surface area contributed by atoms with Crippen molar-refractivity contribution in [2.75, 3.05) is 30.3 Å². The van der Waals surface area contributed by atoms with E-state index in [-0.39, 0.29) is 5.91 Å². The largest absolute Gasteiger partial charge is 0.403 e. The van der Waals surface area contributed by atoms with Crippen LogP contribution in [0.2, 0.25) is 0 Å². The summed E-state index contributed by atoms with van der Waals surface area (Å²) in [5.41, 5.74) is 2.16. The molecule has 2 heterocycles. The summed E-state index contributed by atoms with van der Waals surface area (Å²) in [4.78, 5) is 14.9. The number of likely N-dealkylation sites (tertiary alicyclic amines) is 1. The van der Waals surface area contributed by atoms with Crippen LogP contribution in [0.1, 0.15) is 48.9 Å². The van der Waals surface area contributed by atoms with E-state index in [9.17, 15) is 4.79 Å². The lowest BCUT2D eigenvalue weighted by atomic mass is 9.86. The molecule has 1 aliphatic carbocycles. The Hall–Kier alpha value is -3.19. The number of anilines is 2. The molecule has 2 aromatic carbocycles. The highest BCUT2D eigenvalue weighted by molar-refractivity contribution is 6.04. The first-order chi connectivity index (χ1) is 16.2. The third kappa shape index (κ3) is 5.60. The molecule has 33 heavy (non-hydrogen) atoms. The van der Waals surface area contributed by atoms with E-state index >= 15 is 0 Å². The highest BCUT2D eigenvalue weighted by atomic mass is 16.4. The van der Waals surface area contributed by atoms with Crippen molar-refractivity contribution in [3.63, 3.8) is 0 Å². The normalized spacial score (nSPS) is 21.1. The molecule has 2 fully saturated rings. The zero-order valence-corrected chi connectivity index (χ0v) is 18.9. The summed E-state index contributed by atoms with van der Waals surface area (Å²) >= 11 is 0. The molecule has 3 aromatic rings. The van der Waals surface area contributed by atoms with Crippen LogP contribution >= 0.6 is 0 Å². The minimum atomic E-state index is -0.136. The minimum absolute atomic E-state index is 0.136. The van der Waals surface area contributed by atoms with Gasteiger partial charge in [0.1, 0.15) is 0 Å². The highest BCUT2D eigenvalue weighted by Gasteiger charge is 2.25. The number of benzene rings is 2. The zero-order valence-electron chi connectivity index (χ0n) is 18.9. The molecule has 7 heteroatoms. The van der Waals surface area contributed by atoms with Gasteiger partial charge in [-0.25, -0.2) is 0 Å². The summed E-state index contributed by atoms with van der Waals surface area (Å²) in [5, 5.41) is 14.7. The van der Waals surface area contributed by atoms with Crippen molar-refractivity contribution in [2.45, 2.75) is 44.6 Å². The maximum absolute atomic E-state index is 12.3. The third-order valence-corrected chi connectivity index (χ3v) is 6.74. The van der Waals surface area contributed by atoms with Gasteiger partial charge in [-0.1, -0.05) is 23.3 Å². The van der Waals surface area contributed by atoms with E-state index in [1.165, 1.54) is 45.3 Å². The second-order valence-electron chi connectivity index (χ2n) is 9.18. The average Bonchev–Trinajstić information content (AvgIpc) is 3.54. The van der Waals surface area contributed by atoms with E-state index in [1.807, 2.05) is 42.5 Å². The van der Waals surface area contributed by atoms with Gasteiger partial charge in [0.15, 0.2) is 0 Å². The fraction of sp³-hybridized carbons (Fsp3) is 0.423. The SMILES string of the molecule is O=C(Nc1ccc(-c2nnc(NC3CCC(CN4CCCC4)CC3)o2)cc1)c1ccccc1. The second-order valence-corrected chi connectivity index (χ2v) is 9.18. The van der Waals surface area contributed by atoms with Gasteiger partial charge in [-0.3, -0.25) is 4.79 Å². The molecule has 2 aliphatic rings. The van der Waals surface area contributed by atoms with Gasteiger partial charge >= 0.3 is 6.01 Å². The summed E-state index contributed by atoms with van der Waals surface area (Å²) in [6.45, 7) is 3.83. The molecule has 7 nitrogen and oxygen atoms in total. The van der Waals surface area contributed by atoms with E-state index in [0.29, 0.717) is 23.5 Å². The lowest BCUT2D eigenvalue weighted by Crippen LogP contribution is -2.32. The Morgan fingerprint density at radius 2 is 1.67 bits per heavy atom. The quantitative estimate of drug-likeness (QED) is 0.529. The Kier molecular flexibility index (Phi) is 6.67. The minimum Gasteiger partial charge on any atom is -0.403 e. The molecular weight excluding hydrogens is 414 g/mol. The number of nitrogens with zero attached hydrogens (tertiary/aromatic N) is 3. The Bertz CT molecular complexity index is 1040. The highest BCUT2D eigenvalue weighted by Crippen LogP contribution is 2.29. The maximum Gasteiger partial charge on any atom is 0.315 e. The topological polar surface area (TPSA) is 83.3 Å². The van der Waals surface area contributed by atoms with Crippen molar-refractivity contribution in [2.24, 2.45) is 5.92 Å². The number of hydrogen-bond acceptors (Lipinski definition) is 6. The smallest absolute Gasteiger partial charge is 0.315 e. The first kappa shape index (κ1) is 21.6. The van der Waals surface area contributed by atoms with Crippen LogP contribution in [0.4, 0.5) is 11.7 Å². The van der Waals surface area contributed by atoms with E-state index < -0.39 is 0 Å². The van der Waals surface area contributed by atoms with Crippen LogP contribution in [-0.4, -0.2) is 46.7 Å². The lowest BCUT2D eigenvalue weighted by molar-refractivity contribution is 0.102. The number of nitrogens with one attached hydrogen (secondary N) is 2. The van der Waals surface area contributed by atoms with Crippen molar-refractivity contribution in [3.8, 4) is 11.5 Å². The monoisotopic (exact) mass is 445 g/mol. The van der Waals surface area contributed by atoms with Gasteiger partial charge in [-0.2, -0.15) is 0 Å². The predicted octanol–water partition coefficient (Wildman–Crippen LogP) is 5.06. The Morgan fingerprint density at radius 3 is 2.39 bits per heavy atom. The van der Waals surface area contributed by atoms with Crippen LogP contribution in [0, 0.1) is 5.92 Å². The number of rotatable bonds is 7. The van der Waals surface area contributed by atoms with E-state index in [0.717, 1.165) is 30.0 Å². The Labute approximate surface area is 194 Å². The van der Waals surface area contributed by atoms with Crippen LogP contribution in [-0.2, 0) is 0 Å². The van der Waals surface area contributed by atoms with E-state index in [2.05, 4.69) is 25.7 Å². The van der Waals surface area contributed by atoms with Crippen molar-refractivity contribution in [1.29, 1.82) is 0 Å². The van der Waals surface area contributed by atoms with Crippen molar-refractivity contribution < 1.29 is 9.21 Å². The van der Waals surface area contributed by atoms with Gasteiger partial charge in [0.05, 0.1) is 0 Å². The predicted molar refractivity (Wildman–Crippen MR) is 129 cm³/mol. The molecule has 1 amide bonds. The first-order valence-corrected chi connectivity index (χ1v) is 12.0. The number of carbonyl (C=O) groups excluding carboxylic acids is 1. The molecule has 0 unspecified atom stereocenters. The standard InChI is InChI=1S/C26H31N5O2/c32-24(20-6-2-1-3-7-20)27-22-14-10-21(11-15-22)25-29-30-26(33-25)28-23-12-8-19(9-13-23)18-31-16-4-5-17-31/h1-3,6-7,10-11,14-15,19,23H,4-5,8-9,12-13,16-18H2,(H,27,32)(H,28,30). The number of hydrogen-bond donors (Lipinski definition) is 2. The average molecular weight is 446 g/mol. The van der Waals surface area contributed by atoms with Crippen LogP contribution in [0.3, 0.4) is 0 Å². The van der Waals surface area contributed by atoms with Gasteiger partial charge < -0.3 is 20.0 Å². The molecule has 1 aliphatic heterocycles. The maximum atomic E-state index is 12.3. The van der Waals surface area contributed by atoms with Gasteiger partial charge in [-0.15, -0.1) is 5.10 Å². The van der Waals surface area contributed by atoms with Crippen LogP contribution in [0.15, 0.2) is 59.0 Å². The molecule has 0 atom stereocenters.